The number of anilines is 1. The molecular weight excluding hydrogens is 341 g/mol. The summed E-state index contributed by atoms with van der Waals surface area (Å²) in [6.07, 6.45) is -0.858. The maximum Gasteiger partial charge on any atom is 0.144 e. The molecule has 3 N–H and O–H groups in total. The summed E-state index contributed by atoms with van der Waals surface area (Å²) in [5.41, 5.74) is 8.61. The van der Waals surface area contributed by atoms with Gasteiger partial charge in [0.15, 0.2) is 0 Å². The summed E-state index contributed by atoms with van der Waals surface area (Å²) in [5, 5.41) is 11.3. The molecule has 2 aromatic carbocycles. The van der Waals surface area contributed by atoms with Crippen LogP contribution in [0.5, 0.6) is 5.75 Å². The van der Waals surface area contributed by atoms with E-state index >= 15 is 0 Å². The number of nitrogen functional groups attached to an aromatic ring is 1. The highest BCUT2D eigenvalue weighted by molar-refractivity contribution is 7.99. The summed E-state index contributed by atoms with van der Waals surface area (Å²) in [4.78, 5) is 1.72. The number of thiophene rings is 1. The Hall–Kier alpha value is -1.98. The van der Waals surface area contributed by atoms with Crippen molar-refractivity contribution in [3.05, 3.63) is 54.6 Å². The Bertz CT molecular complexity index is 831. The molecule has 1 aromatic heterocycles. The second-order valence-electron chi connectivity index (χ2n) is 5.50. The van der Waals surface area contributed by atoms with Crippen LogP contribution in [-0.4, -0.2) is 17.0 Å². The maximum absolute atomic E-state index is 13.1. The second-order valence-corrected chi connectivity index (χ2v) is 7.65. The first-order valence-electron chi connectivity index (χ1n) is 7.60. The van der Waals surface area contributed by atoms with E-state index in [1.165, 1.54) is 23.1 Å². The van der Waals surface area contributed by atoms with Crippen molar-refractivity contribution in [2.75, 3.05) is 11.5 Å². The van der Waals surface area contributed by atoms with E-state index in [0.29, 0.717) is 16.3 Å². The van der Waals surface area contributed by atoms with Gasteiger partial charge in [-0.05, 0) is 30.2 Å². The average molecular weight is 359 g/mol. The van der Waals surface area contributed by atoms with Gasteiger partial charge in [-0.2, -0.15) is 0 Å². The van der Waals surface area contributed by atoms with E-state index in [9.17, 15) is 9.50 Å². The summed E-state index contributed by atoms with van der Waals surface area (Å²) in [6.45, 7) is 1.55. The molecule has 0 aliphatic heterocycles. The molecule has 0 radical (unpaired) electrons. The number of nitrogens with two attached hydrogens (primary N) is 1. The number of rotatable bonds is 5. The van der Waals surface area contributed by atoms with Gasteiger partial charge >= 0.3 is 0 Å². The molecule has 0 fully saturated rings. The lowest BCUT2D eigenvalue weighted by molar-refractivity contribution is 0.398. The van der Waals surface area contributed by atoms with Crippen LogP contribution in [0.2, 0.25) is 0 Å². The van der Waals surface area contributed by atoms with Crippen LogP contribution in [-0.2, 0) is 0 Å². The molecule has 0 spiro atoms. The monoisotopic (exact) mass is 359 g/mol. The molecule has 24 heavy (non-hydrogen) atoms. The molecule has 124 valence electrons. The predicted octanol–water partition coefficient (Wildman–Crippen LogP) is 5.82. The first-order valence-corrected chi connectivity index (χ1v) is 9.40. The van der Waals surface area contributed by atoms with Crippen LogP contribution in [0.3, 0.4) is 0 Å². The number of aromatic hydroxyl groups is 1. The van der Waals surface area contributed by atoms with Crippen molar-refractivity contribution in [2.24, 2.45) is 0 Å². The number of benzene rings is 2. The van der Waals surface area contributed by atoms with Crippen molar-refractivity contribution in [1.82, 2.24) is 0 Å². The number of thioether (sulfide) groups is 1. The molecule has 2 nitrogen and oxygen atoms in total. The van der Waals surface area contributed by atoms with Crippen LogP contribution in [0.4, 0.5) is 9.39 Å². The van der Waals surface area contributed by atoms with Gasteiger partial charge in [-0.1, -0.05) is 42.5 Å². The zero-order valence-corrected chi connectivity index (χ0v) is 14.8. The third kappa shape index (κ3) is 3.57. The Morgan fingerprint density at radius 2 is 1.83 bits per heavy atom. The molecule has 5 heteroatoms. The first-order chi connectivity index (χ1) is 11.6. The highest BCUT2D eigenvalue weighted by Gasteiger charge is 2.18. The van der Waals surface area contributed by atoms with Crippen LogP contribution in [0.1, 0.15) is 6.92 Å². The Morgan fingerprint density at radius 1 is 1.12 bits per heavy atom. The van der Waals surface area contributed by atoms with Gasteiger partial charge in [0.1, 0.15) is 11.9 Å². The van der Waals surface area contributed by atoms with Gasteiger partial charge in [0, 0.05) is 10.6 Å². The van der Waals surface area contributed by atoms with Gasteiger partial charge in [0.25, 0.3) is 0 Å². The van der Waals surface area contributed by atoms with Gasteiger partial charge in [0.2, 0.25) is 0 Å². The summed E-state index contributed by atoms with van der Waals surface area (Å²) in [5.74, 6) is 0.605. The van der Waals surface area contributed by atoms with Crippen LogP contribution in [0.15, 0.2) is 59.5 Å². The van der Waals surface area contributed by atoms with Gasteiger partial charge in [-0.15, -0.1) is 23.1 Å². The summed E-state index contributed by atoms with van der Waals surface area (Å²) in [6, 6.07) is 17.4. The Balaban J connectivity index is 1.98. The normalized spacial score (nSPS) is 12.2. The quantitative estimate of drug-likeness (QED) is 0.564. The summed E-state index contributed by atoms with van der Waals surface area (Å²) < 4.78 is 13.1. The lowest BCUT2D eigenvalue weighted by Crippen LogP contribution is -1.95. The fourth-order valence-corrected chi connectivity index (χ4v) is 4.25. The Labute approximate surface area is 149 Å². The highest BCUT2D eigenvalue weighted by Crippen LogP contribution is 2.49. The molecule has 0 aliphatic rings. The van der Waals surface area contributed by atoms with E-state index in [-0.39, 0.29) is 5.75 Å². The number of hydrogen-bond acceptors (Lipinski definition) is 4. The highest BCUT2D eigenvalue weighted by atomic mass is 32.2. The third-order valence-electron chi connectivity index (χ3n) is 3.55. The van der Waals surface area contributed by atoms with Crippen molar-refractivity contribution in [3.63, 3.8) is 0 Å². The fourth-order valence-electron chi connectivity index (χ4n) is 2.46. The smallest absolute Gasteiger partial charge is 0.144 e. The van der Waals surface area contributed by atoms with Gasteiger partial charge in [-0.3, -0.25) is 0 Å². The molecule has 1 atom stereocenters. The molecule has 0 saturated heterocycles. The van der Waals surface area contributed by atoms with Crippen molar-refractivity contribution in [3.8, 4) is 27.3 Å². The maximum atomic E-state index is 13.1. The molecule has 0 saturated carbocycles. The van der Waals surface area contributed by atoms with Crippen molar-refractivity contribution < 1.29 is 9.50 Å². The molecular formula is C19H18FNOS2. The number of halogens is 1. The Kier molecular flexibility index (Phi) is 5.11. The molecule has 3 rings (SSSR count). The lowest BCUT2D eigenvalue weighted by atomic mass is 10.1. The second kappa shape index (κ2) is 7.28. The van der Waals surface area contributed by atoms with Crippen molar-refractivity contribution in [2.45, 2.75) is 18.0 Å². The van der Waals surface area contributed by atoms with E-state index in [0.717, 1.165) is 20.9 Å². The van der Waals surface area contributed by atoms with E-state index in [1.54, 1.807) is 6.92 Å². The molecule has 3 aromatic rings. The van der Waals surface area contributed by atoms with E-state index < -0.39 is 6.17 Å². The molecule has 0 bridgehead atoms. The zero-order chi connectivity index (χ0) is 17.1. The summed E-state index contributed by atoms with van der Waals surface area (Å²) in [7, 11) is 0. The number of hydrogen-bond donors (Lipinski definition) is 2. The van der Waals surface area contributed by atoms with Crippen molar-refractivity contribution >= 4 is 28.1 Å². The molecule has 0 amide bonds. The van der Waals surface area contributed by atoms with E-state index in [2.05, 4.69) is 0 Å². The Morgan fingerprint density at radius 3 is 2.54 bits per heavy atom. The van der Waals surface area contributed by atoms with Gasteiger partial charge in [-0.25, -0.2) is 4.39 Å². The van der Waals surface area contributed by atoms with Gasteiger partial charge < -0.3 is 10.8 Å². The summed E-state index contributed by atoms with van der Waals surface area (Å²) >= 11 is 2.83. The van der Waals surface area contributed by atoms with Crippen LogP contribution in [0.25, 0.3) is 21.6 Å². The SMILES string of the molecule is CC(F)CSc1cccc(-c2c(N)sc(-c3ccccc3)c2O)c1. The van der Waals surface area contributed by atoms with Crippen LogP contribution in [0, 0.1) is 0 Å². The van der Waals surface area contributed by atoms with E-state index in [1.807, 2.05) is 54.6 Å². The molecule has 1 unspecified atom stereocenters. The third-order valence-corrected chi connectivity index (χ3v) is 5.82. The van der Waals surface area contributed by atoms with Gasteiger partial charge in [0.05, 0.1) is 15.4 Å². The topological polar surface area (TPSA) is 46.2 Å². The van der Waals surface area contributed by atoms with Crippen LogP contribution >= 0.6 is 23.1 Å². The molecule has 0 aliphatic carbocycles. The minimum absolute atomic E-state index is 0.199. The zero-order valence-electron chi connectivity index (χ0n) is 13.2. The fraction of sp³-hybridized carbons (Fsp3) is 0.158. The minimum Gasteiger partial charge on any atom is -0.506 e. The standard InChI is InChI=1S/C19H18FNOS2/c1-12(20)11-23-15-9-5-8-14(10-15)16-17(22)18(24-19(16)21)13-6-3-2-4-7-13/h2-10,12,22H,11,21H2,1H3. The molecule has 1 heterocycles. The lowest BCUT2D eigenvalue weighted by Gasteiger charge is -2.07. The van der Waals surface area contributed by atoms with E-state index in [4.69, 9.17) is 5.73 Å². The van der Waals surface area contributed by atoms with Crippen molar-refractivity contribution in [1.29, 1.82) is 0 Å². The number of alkyl halides is 1. The largest absolute Gasteiger partial charge is 0.506 e. The predicted molar refractivity (Wildman–Crippen MR) is 103 cm³/mol. The minimum atomic E-state index is -0.858. The van der Waals surface area contributed by atoms with Crippen LogP contribution < -0.4 is 5.73 Å². The first kappa shape index (κ1) is 16.9. The average Bonchev–Trinajstić information content (AvgIpc) is 2.88.